The molecule has 0 bridgehead atoms. The van der Waals surface area contributed by atoms with Crippen molar-refractivity contribution in [2.75, 3.05) is 26.2 Å². The highest BCUT2D eigenvalue weighted by atomic mass is 35.5. The van der Waals surface area contributed by atoms with Gasteiger partial charge in [0.2, 0.25) is 10.0 Å². The number of benzene rings is 2. The Morgan fingerprint density at radius 2 is 1.72 bits per heavy atom. The van der Waals surface area contributed by atoms with Crippen LogP contribution in [-0.4, -0.2) is 48.8 Å². The maximum absolute atomic E-state index is 12.8. The third-order valence-electron chi connectivity index (χ3n) is 5.10. The van der Waals surface area contributed by atoms with Crippen molar-refractivity contribution in [3.8, 4) is 10.6 Å². The number of hydrogen-bond donors (Lipinski definition) is 0. The molecule has 1 fully saturated rings. The normalized spacial score (nSPS) is 16.2. The quantitative estimate of drug-likeness (QED) is 0.585. The summed E-state index contributed by atoms with van der Waals surface area (Å²) in [6.45, 7) is 5.14. The average Bonchev–Trinajstić information content (AvgIpc) is 3.17. The predicted molar refractivity (Wildman–Crippen MR) is 118 cm³/mol. The van der Waals surface area contributed by atoms with Gasteiger partial charge in [0, 0.05) is 48.7 Å². The smallest absolute Gasteiger partial charge is 0.243 e. The second-order valence-electron chi connectivity index (χ2n) is 7.09. The molecule has 1 aliphatic rings. The lowest BCUT2D eigenvalue weighted by molar-refractivity contribution is 0.180. The minimum Gasteiger partial charge on any atom is -0.295 e. The van der Waals surface area contributed by atoms with Gasteiger partial charge in [0.05, 0.1) is 10.6 Å². The summed E-state index contributed by atoms with van der Waals surface area (Å²) in [5, 5.41) is 3.66. The van der Waals surface area contributed by atoms with Crippen LogP contribution in [0.4, 0.5) is 0 Å². The summed E-state index contributed by atoms with van der Waals surface area (Å²) in [6, 6.07) is 14.6. The highest BCUT2D eigenvalue weighted by Gasteiger charge is 2.28. The fourth-order valence-electron chi connectivity index (χ4n) is 3.43. The van der Waals surface area contributed by atoms with Gasteiger partial charge in [-0.25, -0.2) is 13.4 Å². The Bertz CT molecular complexity index is 1090. The van der Waals surface area contributed by atoms with Gasteiger partial charge < -0.3 is 0 Å². The Balaban J connectivity index is 1.38. The molecule has 4 rings (SSSR count). The molecule has 8 heteroatoms. The zero-order chi connectivity index (χ0) is 20.4. The van der Waals surface area contributed by atoms with Crippen LogP contribution in [0.25, 0.3) is 10.6 Å². The molecule has 2 aromatic carbocycles. The van der Waals surface area contributed by atoms with Crippen LogP contribution in [0.5, 0.6) is 0 Å². The molecule has 1 saturated heterocycles. The largest absolute Gasteiger partial charge is 0.295 e. The Labute approximate surface area is 180 Å². The fourth-order valence-corrected chi connectivity index (χ4v) is 5.88. The molecule has 3 aromatic rings. The third-order valence-corrected chi connectivity index (χ3v) is 8.18. The van der Waals surface area contributed by atoms with E-state index in [1.54, 1.807) is 39.9 Å². The van der Waals surface area contributed by atoms with Gasteiger partial charge in [-0.2, -0.15) is 4.31 Å². The van der Waals surface area contributed by atoms with E-state index in [0.29, 0.717) is 31.2 Å². The molecule has 0 aliphatic carbocycles. The van der Waals surface area contributed by atoms with Crippen molar-refractivity contribution in [1.82, 2.24) is 14.2 Å². The molecule has 0 N–H and O–H groups in total. The highest BCUT2D eigenvalue weighted by molar-refractivity contribution is 7.89. The number of sulfonamides is 1. The Morgan fingerprint density at radius 3 is 2.41 bits per heavy atom. The standard InChI is InChI=1S/C21H22ClN3O2S2/c1-16-4-2-3-5-20(16)21-23-18(15-28-21)14-24-10-12-25(13-11-24)29(26,27)19-8-6-17(22)7-9-19/h2-9,15H,10-14H2,1H3. The molecule has 0 spiro atoms. The second kappa shape index (κ2) is 8.53. The van der Waals surface area contributed by atoms with Gasteiger partial charge in [0.1, 0.15) is 5.01 Å². The van der Waals surface area contributed by atoms with Crippen LogP contribution in [0.15, 0.2) is 58.8 Å². The number of thiazole rings is 1. The zero-order valence-electron chi connectivity index (χ0n) is 16.1. The first-order valence-corrected chi connectivity index (χ1v) is 12.1. The van der Waals surface area contributed by atoms with E-state index in [-0.39, 0.29) is 4.90 Å². The maximum Gasteiger partial charge on any atom is 0.243 e. The lowest BCUT2D eigenvalue weighted by atomic mass is 10.1. The number of piperazine rings is 1. The summed E-state index contributed by atoms with van der Waals surface area (Å²) >= 11 is 7.53. The van der Waals surface area contributed by atoms with Gasteiger partial charge in [0.15, 0.2) is 0 Å². The number of nitrogens with zero attached hydrogens (tertiary/aromatic N) is 3. The van der Waals surface area contributed by atoms with Crippen molar-refractivity contribution in [1.29, 1.82) is 0 Å². The van der Waals surface area contributed by atoms with E-state index < -0.39 is 10.0 Å². The third kappa shape index (κ3) is 4.54. The van der Waals surface area contributed by atoms with Crippen molar-refractivity contribution < 1.29 is 8.42 Å². The van der Waals surface area contributed by atoms with Crippen molar-refractivity contribution in [2.24, 2.45) is 0 Å². The first kappa shape index (κ1) is 20.5. The maximum atomic E-state index is 12.8. The van der Waals surface area contributed by atoms with Crippen LogP contribution >= 0.6 is 22.9 Å². The van der Waals surface area contributed by atoms with Crippen molar-refractivity contribution in [3.63, 3.8) is 0 Å². The van der Waals surface area contributed by atoms with Crippen LogP contribution in [0.2, 0.25) is 5.02 Å². The summed E-state index contributed by atoms with van der Waals surface area (Å²) in [5.41, 5.74) is 3.42. The van der Waals surface area contributed by atoms with E-state index in [4.69, 9.17) is 16.6 Å². The van der Waals surface area contributed by atoms with Gasteiger partial charge in [-0.1, -0.05) is 35.9 Å². The van der Waals surface area contributed by atoms with E-state index in [0.717, 1.165) is 17.2 Å². The Hall–Kier alpha value is -1.77. The number of aromatic nitrogens is 1. The zero-order valence-corrected chi connectivity index (χ0v) is 18.5. The van der Waals surface area contributed by atoms with E-state index in [9.17, 15) is 8.42 Å². The van der Waals surface area contributed by atoms with Gasteiger partial charge in [0.25, 0.3) is 0 Å². The van der Waals surface area contributed by atoms with Crippen LogP contribution in [0.1, 0.15) is 11.3 Å². The lowest BCUT2D eigenvalue weighted by Gasteiger charge is -2.33. The number of halogens is 1. The molecule has 29 heavy (non-hydrogen) atoms. The highest BCUT2D eigenvalue weighted by Crippen LogP contribution is 2.27. The molecule has 0 unspecified atom stereocenters. The van der Waals surface area contributed by atoms with Crippen molar-refractivity contribution in [2.45, 2.75) is 18.4 Å². The predicted octanol–water partition coefficient (Wildman–Crippen LogP) is 4.28. The summed E-state index contributed by atoms with van der Waals surface area (Å²) < 4.78 is 27.2. The fraction of sp³-hybridized carbons (Fsp3) is 0.286. The lowest BCUT2D eigenvalue weighted by Crippen LogP contribution is -2.48. The van der Waals surface area contributed by atoms with Crippen LogP contribution in [0, 0.1) is 6.92 Å². The van der Waals surface area contributed by atoms with Crippen LogP contribution in [-0.2, 0) is 16.6 Å². The Morgan fingerprint density at radius 1 is 1.03 bits per heavy atom. The average molecular weight is 448 g/mol. The molecule has 0 radical (unpaired) electrons. The van der Waals surface area contributed by atoms with Gasteiger partial charge in [-0.05, 0) is 36.8 Å². The molecule has 152 valence electrons. The van der Waals surface area contributed by atoms with E-state index in [1.165, 1.54) is 11.1 Å². The first-order chi connectivity index (χ1) is 13.9. The summed E-state index contributed by atoms with van der Waals surface area (Å²) in [6.07, 6.45) is 0. The molecule has 0 amide bonds. The number of hydrogen-bond acceptors (Lipinski definition) is 5. The van der Waals surface area contributed by atoms with Gasteiger partial charge in [-0.3, -0.25) is 4.90 Å². The summed E-state index contributed by atoms with van der Waals surface area (Å²) in [5.74, 6) is 0. The van der Waals surface area contributed by atoms with Gasteiger partial charge in [-0.15, -0.1) is 11.3 Å². The number of aryl methyl sites for hydroxylation is 1. The molecule has 1 aromatic heterocycles. The number of rotatable bonds is 5. The molecular formula is C21H22ClN3O2S2. The van der Waals surface area contributed by atoms with E-state index in [1.807, 2.05) is 12.1 Å². The Kier molecular flexibility index (Phi) is 6.03. The van der Waals surface area contributed by atoms with Crippen molar-refractivity contribution >= 4 is 33.0 Å². The molecule has 0 atom stereocenters. The van der Waals surface area contributed by atoms with E-state index in [2.05, 4.69) is 29.3 Å². The van der Waals surface area contributed by atoms with Crippen molar-refractivity contribution in [3.05, 3.63) is 70.2 Å². The first-order valence-electron chi connectivity index (χ1n) is 9.42. The molecule has 0 saturated carbocycles. The second-order valence-corrected chi connectivity index (χ2v) is 10.3. The molecule has 2 heterocycles. The topological polar surface area (TPSA) is 53.5 Å². The van der Waals surface area contributed by atoms with E-state index >= 15 is 0 Å². The molecule has 1 aliphatic heterocycles. The SMILES string of the molecule is Cc1ccccc1-c1nc(CN2CCN(S(=O)(=O)c3ccc(Cl)cc3)CC2)cs1. The minimum absolute atomic E-state index is 0.290. The molecular weight excluding hydrogens is 426 g/mol. The summed E-state index contributed by atoms with van der Waals surface area (Å²) in [4.78, 5) is 7.34. The molecule has 5 nitrogen and oxygen atoms in total. The van der Waals surface area contributed by atoms with Gasteiger partial charge >= 0.3 is 0 Å². The summed E-state index contributed by atoms with van der Waals surface area (Å²) in [7, 11) is -3.48. The minimum atomic E-state index is -3.48. The monoisotopic (exact) mass is 447 g/mol. The van der Waals surface area contributed by atoms with Crippen LogP contribution in [0.3, 0.4) is 0 Å². The van der Waals surface area contributed by atoms with Crippen LogP contribution < -0.4 is 0 Å².